The van der Waals surface area contributed by atoms with Crippen LogP contribution in [0, 0.1) is 19.7 Å². The number of amides is 1. The smallest absolute Gasteiger partial charge is 0.251 e. The number of nitrogens with one attached hydrogen (secondary N) is 2. The summed E-state index contributed by atoms with van der Waals surface area (Å²) < 4.78 is 13.5. The van der Waals surface area contributed by atoms with Crippen molar-refractivity contribution >= 4 is 17.4 Å². The number of hydrogen-bond donors (Lipinski definition) is 2. The number of rotatable bonds is 6. The van der Waals surface area contributed by atoms with Crippen LogP contribution in [0.4, 0.5) is 15.9 Å². The highest BCUT2D eigenvalue weighted by molar-refractivity contribution is 5.95. The van der Waals surface area contributed by atoms with Gasteiger partial charge in [-0.15, -0.1) is 0 Å². The molecule has 3 rings (SSSR count). The molecule has 0 aliphatic heterocycles. The van der Waals surface area contributed by atoms with Crippen molar-refractivity contribution in [3.05, 3.63) is 83.1 Å². The maximum Gasteiger partial charge on any atom is 0.251 e. The number of aryl methyl sites for hydroxylation is 2. The molecule has 5 nitrogen and oxygen atoms in total. The van der Waals surface area contributed by atoms with Crippen molar-refractivity contribution in [2.45, 2.75) is 33.1 Å². The summed E-state index contributed by atoms with van der Waals surface area (Å²) in [5.74, 6) is 0.893. The zero-order valence-electron chi connectivity index (χ0n) is 17.1. The van der Waals surface area contributed by atoms with E-state index in [0.717, 1.165) is 16.9 Å². The van der Waals surface area contributed by atoms with Gasteiger partial charge in [0.1, 0.15) is 17.5 Å². The molecule has 0 radical (unpaired) electrons. The monoisotopic (exact) mass is 392 g/mol. The van der Waals surface area contributed by atoms with Crippen LogP contribution in [-0.4, -0.2) is 22.4 Å². The van der Waals surface area contributed by atoms with E-state index in [9.17, 15) is 9.18 Å². The van der Waals surface area contributed by atoms with E-state index in [0.29, 0.717) is 23.8 Å². The summed E-state index contributed by atoms with van der Waals surface area (Å²) in [5.41, 5.74) is 2.60. The Hall–Kier alpha value is -3.28. The maximum atomic E-state index is 13.5. The molecule has 0 spiro atoms. The summed E-state index contributed by atoms with van der Waals surface area (Å²) in [6, 6.07) is 15.5. The van der Waals surface area contributed by atoms with Crippen LogP contribution in [0.25, 0.3) is 0 Å². The molecular formula is C23H25FN4O. The summed E-state index contributed by atoms with van der Waals surface area (Å²) in [4.78, 5) is 21.3. The molecule has 150 valence electrons. The minimum Gasteiger partial charge on any atom is -0.351 e. The van der Waals surface area contributed by atoms with E-state index >= 15 is 0 Å². The van der Waals surface area contributed by atoms with Crippen LogP contribution >= 0.6 is 0 Å². The molecule has 3 aromatic rings. The molecule has 0 unspecified atom stereocenters. The lowest BCUT2D eigenvalue weighted by Crippen LogP contribution is -2.36. The quantitative estimate of drug-likeness (QED) is 0.639. The zero-order valence-corrected chi connectivity index (χ0v) is 17.1. The van der Waals surface area contributed by atoms with Gasteiger partial charge in [0.2, 0.25) is 0 Å². The Morgan fingerprint density at radius 2 is 1.79 bits per heavy atom. The second-order valence-electron chi connectivity index (χ2n) is 7.72. The van der Waals surface area contributed by atoms with Gasteiger partial charge in [-0.05, 0) is 49.7 Å². The van der Waals surface area contributed by atoms with Crippen LogP contribution in [0.3, 0.4) is 0 Å². The van der Waals surface area contributed by atoms with Crippen molar-refractivity contribution in [1.29, 1.82) is 0 Å². The van der Waals surface area contributed by atoms with Gasteiger partial charge in [-0.25, -0.2) is 14.4 Å². The van der Waals surface area contributed by atoms with Gasteiger partial charge in [0.05, 0.1) is 0 Å². The van der Waals surface area contributed by atoms with Crippen LogP contribution in [0.2, 0.25) is 0 Å². The molecule has 0 saturated carbocycles. The van der Waals surface area contributed by atoms with Crippen LogP contribution in [0.5, 0.6) is 0 Å². The molecule has 1 heterocycles. The fourth-order valence-corrected chi connectivity index (χ4v) is 3.08. The Morgan fingerprint density at radius 3 is 2.52 bits per heavy atom. The number of carbonyl (C=O) groups excluding carboxylic acids is 1. The van der Waals surface area contributed by atoms with Gasteiger partial charge in [0.25, 0.3) is 5.91 Å². The Kier molecular flexibility index (Phi) is 5.92. The predicted molar refractivity (Wildman–Crippen MR) is 113 cm³/mol. The molecule has 29 heavy (non-hydrogen) atoms. The molecule has 1 aromatic heterocycles. The van der Waals surface area contributed by atoms with E-state index < -0.39 is 5.41 Å². The zero-order chi connectivity index (χ0) is 21.0. The normalized spacial score (nSPS) is 11.2. The minimum absolute atomic E-state index is 0.187. The number of anilines is 2. The van der Waals surface area contributed by atoms with Crippen LogP contribution in [0.15, 0.2) is 54.6 Å². The van der Waals surface area contributed by atoms with Gasteiger partial charge in [-0.3, -0.25) is 4.79 Å². The summed E-state index contributed by atoms with van der Waals surface area (Å²) in [6.45, 7) is 8.07. The number of carbonyl (C=O) groups is 1. The molecule has 6 heteroatoms. The van der Waals surface area contributed by atoms with Crippen LogP contribution < -0.4 is 10.6 Å². The molecular weight excluding hydrogens is 367 g/mol. The standard InChI is InChI=1S/C23H25FN4O/c1-15-11-21(27-16(2)26-15)28-20-10-5-7-17(12-20)22(29)25-14-23(3,4)18-8-6-9-19(24)13-18/h5-13H,14H2,1-4H3,(H,25,29)(H,26,27,28). The van der Waals surface area contributed by atoms with Crippen molar-refractivity contribution in [1.82, 2.24) is 15.3 Å². The minimum atomic E-state index is -0.399. The van der Waals surface area contributed by atoms with E-state index in [1.165, 1.54) is 12.1 Å². The summed E-state index contributed by atoms with van der Waals surface area (Å²) in [7, 11) is 0. The van der Waals surface area contributed by atoms with Gasteiger partial charge >= 0.3 is 0 Å². The van der Waals surface area contributed by atoms with Gasteiger partial charge in [-0.2, -0.15) is 0 Å². The lowest BCUT2D eigenvalue weighted by molar-refractivity contribution is 0.0945. The third-order valence-corrected chi connectivity index (χ3v) is 4.66. The average molecular weight is 392 g/mol. The molecule has 1 amide bonds. The largest absolute Gasteiger partial charge is 0.351 e. The van der Waals surface area contributed by atoms with Crippen LogP contribution in [-0.2, 0) is 5.41 Å². The summed E-state index contributed by atoms with van der Waals surface area (Å²) in [6.07, 6.45) is 0. The number of nitrogens with zero attached hydrogens (tertiary/aromatic N) is 2. The summed E-state index contributed by atoms with van der Waals surface area (Å²) >= 11 is 0. The van der Waals surface area contributed by atoms with E-state index in [1.54, 1.807) is 18.2 Å². The first kappa shape index (κ1) is 20.5. The highest BCUT2D eigenvalue weighted by Gasteiger charge is 2.22. The fraction of sp³-hybridized carbons (Fsp3) is 0.261. The highest BCUT2D eigenvalue weighted by Crippen LogP contribution is 2.23. The van der Waals surface area contributed by atoms with Crippen molar-refractivity contribution in [2.75, 3.05) is 11.9 Å². The van der Waals surface area contributed by atoms with Gasteiger partial charge < -0.3 is 10.6 Å². The number of benzene rings is 2. The molecule has 0 bridgehead atoms. The molecule has 2 N–H and O–H groups in total. The third-order valence-electron chi connectivity index (χ3n) is 4.66. The SMILES string of the molecule is Cc1cc(Nc2cccc(C(=O)NCC(C)(C)c3cccc(F)c3)c2)nc(C)n1. The molecule has 0 aliphatic carbocycles. The fourth-order valence-electron chi connectivity index (χ4n) is 3.08. The Morgan fingerprint density at radius 1 is 1.03 bits per heavy atom. The lowest BCUT2D eigenvalue weighted by Gasteiger charge is -2.25. The first-order chi connectivity index (χ1) is 13.7. The molecule has 2 aromatic carbocycles. The average Bonchev–Trinajstić information content (AvgIpc) is 2.65. The van der Waals surface area contributed by atoms with Crippen molar-refractivity contribution in [3.8, 4) is 0 Å². The van der Waals surface area contributed by atoms with E-state index in [2.05, 4.69) is 20.6 Å². The lowest BCUT2D eigenvalue weighted by atomic mass is 9.84. The molecule has 0 aliphatic rings. The second kappa shape index (κ2) is 8.39. The second-order valence-corrected chi connectivity index (χ2v) is 7.72. The molecule has 0 saturated heterocycles. The molecule has 0 atom stereocenters. The van der Waals surface area contributed by atoms with Crippen molar-refractivity contribution in [3.63, 3.8) is 0 Å². The highest BCUT2D eigenvalue weighted by atomic mass is 19.1. The van der Waals surface area contributed by atoms with Gasteiger partial charge in [0.15, 0.2) is 0 Å². The maximum absolute atomic E-state index is 13.5. The van der Waals surface area contributed by atoms with Crippen molar-refractivity contribution < 1.29 is 9.18 Å². The van der Waals surface area contributed by atoms with E-state index in [1.807, 2.05) is 52.0 Å². The summed E-state index contributed by atoms with van der Waals surface area (Å²) in [5, 5.41) is 6.16. The number of halogens is 1. The third kappa shape index (κ3) is 5.38. The Balaban J connectivity index is 1.69. The Labute approximate surface area is 170 Å². The van der Waals surface area contributed by atoms with E-state index in [-0.39, 0.29) is 11.7 Å². The van der Waals surface area contributed by atoms with Gasteiger partial charge in [-0.1, -0.05) is 32.0 Å². The Bertz CT molecular complexity index is 1010. The van der Waals surface area contributed by atoms with Crippen molar-refractivity contribution in [2.24, 2.45) is 0 Å². The predicted octanol–water partition coefficient (Wildman–Crippen LogP) is 4.68. The van der Waals surface area contributed by atoms with E-state index in [4.69, 9.17) is 0 Å². The van der Waals surface area contributed by atoms with Crippen LogP contribution in [0.1, 0.15) is 41.3 Å². The topological polar surface area (TPSA) is 66.9 Å². The first-order valence-electron chi connectivity index (χ1n) is 9.46. The van der Waals surface area contributed by atoms with Gasteiger partial charge in [0, 0.05) is 35.0 Å². The number of aromatic nitrogens is 2. The molecule has 0 fully saturated rings. The first-order valence-corrected chi connectivity index (χ1v) is 9.46. The number of hydrogen-bond acceptors (Lipinski definition) is 4.